The van der Waals surface area contributed by atoms with E-state index >= 15 is 0 Å². The minimum absolute atomic E-state index is 0.0353. The first-order valence-electron chi connectivity index (χ1n) is 8.42. The summed E-state index contributed by atoms with van der Waals surface area (Å²) in [5, 5.41) is 0. The minimum Gasteiger partial charge on any atom is -0.491 e. The number of fused-ring (bicyclic) bond motifs is 1. The number of benzene rings is 2. The molecule has 0 spiro atoms. The van der Waals surface area contributed by atoms with Crippen molar-refractivity contribution in [3.8, 4) is 5.75 Å². The van der Waals surface area contributed by atoms with Crippen molar-refractivity contribution >= 4 is 15.7 Å². The Bertz CT molecular complexity index is 878. The monoisotopic (exact) mass is 360 g/mol. The molecule has 2 aromatic rings. The number of para-hydroxylation sites is 1. The van der Waals surface area contributed by atoms with Crippen LogP contribution in [-0.2, 0) is 16.4 Å². The zero-order chi connectivity index (χ0) is 18.2. The number of hydrogen-bond donors (Lipinski definition) is 1. The summed E-state index contributed by atoms with van der Waals surface area (Å²) < 4.78 is 33.5. The Morgan fingerprint density at radius 1 is 1.20 bits per heavy atom. The predicted molar refractivity (Wildman–Crippen MR) is 99.6 cm³/mol. The van der Waals surface area contributed by atoms with Gasteiger partial charge in [0.15, 0.2) is 0 Å². The molecule has 1 unspecified atom stereocenters. The number of rotatable bonds is 4. The van der Waals surface area contributed by atoms with Gasteiger partial charge in [0, 0.05) is 12.6 Å². The van der Waals surface area contributed by atoms with Crippen molar-refractivity contribution in [1.29, 1.82) is 0 Å². The summed E-state index contributed by atoms with van der Waals surface area (Å²) in [4.78, 5) is 0.255. The average Bonchev–Trinajstić information content (AvgIpc) is 2.55. The molecule has 1 atom stereocenters. The Balaban J connectivity index is 2.01. The van der Waals surface area contributed by atoms with Gasteiger partial charge in [-0.2, -0.15) is 0 Å². The molecule has 134 valence electrons. The second-order valence-electron chi connectivity index (χ2n) is 6.72. The molecule has 0 saturated carbocycles. The zero-order valence-corrected chi connectivity index (χ0v) is 15.6. The van der Waals surface area contributed by atoms with Gasteiger partial charge in [-0.15, -0.1) is 0 Å². The number of hydrogen-bond acceptors (Lipinski definition) is 4. The van der Waals surface area contributed by atoms with Crippen LogP contribution < -0.4 is 14.8 Å². The third kappa shape index (κ3) is 3.50. The van der Waals surface area contributed by atoms with E-state index in [1.54, 1.807) is 18.2 Å². The number of aryl methyl sites for hydroxylation is 1. The smallest absolute Gasteiger partial charge is 0.264 e. The molecule has 0 aromatic heterocycles. The molecule has 1 aliphatic rings. The second kappa shape index (κ2) is 6.69. The summed E-state index contributed by atoms with van der Waals surface area (Å²) in [6.45, 7) is 6.02. The summed E-state index contributed by atoms with van der Waals surface area (Å²) in [7, 11) is -3.68. The van der Waals surface area contributed by atoms with Gasteiger partial charge in [-0.1, -0.05) is 18.2 Å². The van der Waals surface area contributed by atoms with E-state index in [0.717, 1.165) is 11.1 Å². The van der Waals surface area contributed by atoms with Gasteiger partial charge >= 0.3 is 0 Å². The Labute approximate surface area is 149 Å². The molecule has 0 aliphatic carbocycles. The molecule has 5 nitrogen and oxygen atoms in total. The quantitative estimate of drug-likeness (QED) is 0.910. The van der Waals surface area contributed by atoms with Gasteiger partial charge in [0.25, 0.3) is 10.0 Å². The predicted octanol–water partition coefficient (Wildman–Crippen LogP) is 2.86. The highest BCUT2D eigenvalue weighted by Crippen LogP contribution is 2.32. The van der Waals surface area contributed by atoms with Gasteiger partial charge in [0.2, 0.25) is 0 Å². The Kier molecular flexibility index (Phi) is 4.75. The van der Waals surface area contributed by atoms with Gasteiger partial charge in [-0.3, -0.25) is 4.31 Å². The molecule has 0 saturated heterocycles. The van der Waals surface area contributed by atoms with Gasteiger partial charge < -0.3 is 10.5 Å². The van der Waals surface area contributed by atoms with Crippen LogP contribution in [-0.4, -0.2) is 27.1 Å². The van der Waals surface area contributed by atoms with Gasteiger partial charge in [0.1, 0.15) is 5.75 Å². The molecule has 0 bridgehead atoms. The van der Waals surface area contributed by atoms with Crippen molar-refractivity contribution < 1.29 is 13.2 Å². The van der Waals surface area contributed by atoms with Crippen molar-refractivity contribution in [3.05, 3.63) is 53.6 Å². The number of sulfonamides is 1. The third-order valence-corrected chi connectivity index (χ3v) is 6.02. The summed E-state index contributed by atoms with van der Waals surface area (Å²) in [6.07, 6.45) is 0.718. The molecule has 0 radical (unpaired) electrons. The van der Waals surface area contributed by atoms with Crippen LogP contribution in [0.4, 0.5) is 5.69 Å². The molecule has 1 aliphatic heterocycles. The van der Waals surface area contributed by atoms with E-state index in [4.69, 9.17) is 10.5 Å². The average molecular weight is 360 g/mol. The molecule has 2 aromatic carbocycles. The topological polar surface area (TPSA) is 72.6 Å². The molecule has 25 heavy (non-hydrogen) atoms. The van der Waals surface area contributed by atoms with Crippen LogP contribution >= 0.6 is 0 Å². The third-order valence-electron chi connectivity index (χ3n) is 4.24. The summed E-state index contributed by atoms with van der Waals surface area (Å²) in [5.74, 6) is 0.699. The van der Waals surface area contributed by atoms with E-state index < -0.39 is 10.0 Å². The van der Waals surface area contributed by atoms with E-state index in [0.29, 0.717) is 17.9 Å². The van der Waals surface area contributed by atoms with E-state index in [9.17, 15) is 8.42 Å². The molecule has 3 rings (SSSR count). The minimum atomic E-state index is -3.68. The van der Waals surface area contributed by atoms with E-state index in [1.165, 1.54) is 4.31 Å². The van der Waals surface area contributed by atoms with Crippen LogP contribution in [0.1, 0.15) is 25.0 Å². The number of anilines is 1. The van der Waals surface area contributed by atoms with E-state index in [1.807, 2.05) is 45.0 Å². The van der Waals surface area contributed by atoms with Gasteiger partial charge in [0.05, 0.1) is 16.7 Å². The highest BCUT2D eigenvalue weighted by Gasteiger charge is 2.32. The Morgan fingerprint density at radius 3 is 2.60 bits per heavy atom. The Morgan fingerprint density at radius 2 is 1.92 bits per heavy atom. The summed E-state index contributed by atoms with van der Waals surface area (Å²) in [5.41, 5.74) is 8.57. The van der Waals surface area contributed by atoms with Crippen molar-refractivity contribution in [2.45, 2.75) is 44.2 Å². The van der Waals surface area contributed by atoms with Crippen LogP contribution in [0.3, 0.4) is 0 Å². The fourth-order valence-corrected chi connectivity index (χ4v) is 4.75. The van der Waals surface area contributed by atoms with Crippen molar-refractivity contribution in [1.82, 2.24) is 0 Å². The highest BCUT2D eigenvalue weighted by molar-refractivity contribution is 7.92. The van der Waals surface area contributed by atoms with E-state index in [2.05, 4.69) is 0 Å². The molecule has 0 amide bonds. The van der Waals surface area contributed by atoms with Crippen LogP contribution in [0.5, 0.6) is 5.75 Å². The first-order chi connectivity index (χ1) is 11.8. The zero-order valence-electron chi connectivity index (χ0n) is 14.8. The first-order valence-corrected chi connectivity index (χ1v) is 9.86. The standard InChI is InChI=1S/C19H24N2O3S/c1-13(2)24-19-9-8-17(10-14(19)3)25(22,23)21-12-16(20)11-15-6-4-5-7-18(15)21/h4-10,13,16H,11-12,20H2,1-3H3. The van der Waals surface area contributed by atoms with Crippen LogP contribution in [0.2, 0.25) is 0 Å². The van der Waals surface area contributed by atoms with Crippen molar-refractivity contribution in [2.24, 2.45) is 5.73 Å². The second-order valence-corrected chi connectivity index (χ2v) is 8.59. The highest BCUT2D eigenvalue weighted by atomic mass is 32.2. The maximum Gasteiger partial charge on any atom is 0.264 e. The van der Waals surface area contributed by atoms with Crippen LogP contribution in [0.25, 0.3) is 0 Å². The number of nitrogens with zero attached hydrogens (tertiary/aromatic N) is 1. The SMILES string of the molecule is Cc1cc(S(=O)(=O)N2CC(N)Cc3ccccc32)ccc1OC(C)C. The molecule has 1 heterocycles. The molecule has 2 N–H and O–H groups in total. The largest absolute Gasteiger partial charge is 0.491 e. The molecular formula is C19H24N2O3S. The van der Waals surface area contributed by atoms with Gasteiger partial charge in [-0.05, 0) is 62.6 Å². The van der Waals surface area contributed by atoms with E-state index in [-0.39, 0.29) is 23.6 Å². The number of ether oxygens (including phenoxy) is 1. The van der Waals surface area contributed by atoms with Gasteiger partial charge in [-0.25, -0.2) is 8.42 Å². The Hall–Kier alpha value is -2.05. The van der Waals surface area contributed by atoms with Crippen molar-refractivity contribution in [3.63, 3.8) is 0 Å². The fraction of sp³-hybridized carbons (Fsp3) is 0.368. The first kappa shape index (κ1) is 17.8. The summed E-state index contributed by atoms with van der Waals surface area (Å²) in [6, 6.07) is 12.3. The fourth-order valence-electron chi connectivity index (χ4n) is 3.11. The molecule has 6 heteroatoms. The van der Waals surface area contributed by atoms with Crippen LogP contribution in [0, 0.1) is 6.92 Å². The lowest BCUT2D eigenvalue weighted by Crippen LogP contribution is -2.46. The maximum atomic E-state index is 13.2. The lowest BCUT2D eigenvalue weighted by molar-refractivity contribution is 0.240. The molecule has 0 fully saturated rings. The summed E-state index contributed by atoms with van der Waals surface area (Å²) >= 11 is 0. The number of nitrogens with two attached hydrogens (primary N) is 1. The maximum absolute atomic E-state index is 13.2. The van der Waals surface area contributed by atoms with Crippen LogP contribution in [0.15, 0.2) is 47.4 Å². The molecular weight excluding hydrogens is 336 g/mol. The van der Waals surface area contributed by atoms with Crippen molar-refractivity contribution in [2.75, 3.05) is 10.8 Å². The normalized spacial score (nSPS) is 17.5. The lowest BCUT2D eigenvalue weighted by atomic mass is 10.0. The lowest BCUT2D eigenvalue weighted by Gasteiger charge is -2.33.